The van der Waals surface area contributed by atoms with Gasteiger partial charge in [0.15, 0.2) is 0 Å². The van der Waals surface area contributed by atoms with Crippen molar-refractivity contribution in [2.75, 3.05) is 14.1 Å². The molecule has 0 saturated heterocycles. The molecule has 4 nitrogen and oxygen atoms in total. The molecule has 2 rings (SSSR count). The molecule has 0 radical (unpaired) electrons. The van der Waals surface area contributed by atoms with Crippen molar-refractivity contribution in [1.29, 1.82) is 0 Å². The molecule has 1 aromatic heterocycles. The predicted molar refractivity (Wildman–Crippen MR) is 55.4 cm³/mol. The number of aromatic amines is 1. The Bertz CT molecular complexity index is 359. The Balaban J connectivity index is 2.19. The molecule has 1 aliphatic carbocycles. The first-order chi connectivity index (χ1) is 6.77. The van der Waals surface area contributed by atoms with Crippen molar-refractivity contribution < 1.29 is 0 Å². The van der Waals surface area contributed by atoms with Gasteiger partial charge in [-0.05, 0) is 24.5 Å². The average Bonchev–Trinajstić information content (AvgIpc) is 2.71. The molecule has 0 fully saturated rings. The van der Waals surface area contributed by atoms with Gasteiger partial charge in [-0.15, -0.1) is 0 Å². The lowest BCUT2D eigenvalue weighted by atomic mass is 10.00. The molecule has 14 heavy (non-hydrogen) atoms. The first kappa shape index (κ1) is 8.99. The molecule has 74 valence electrons. The number of hydrogen-bond acceptors (Lipinski definition) is 3. The van der Waals surface area contributed by atoms with Crippen LogP contribution >= 0.6 is 0 Å². The van der Waals surface area contributed by atoms with Crippen LogP contribution in [0.3, 0.4) is 0 Å². The monoisotopic (exact) mass is 190 g/mol. The molecule has 0 aliphatic heterocycles. The summed E-state index contributed by atoms with van der Waals surface area (Å²) >= 11 is 0. The maximum absolute atomic E-state index is 4.06. The molecule has 0 amide bonds. The summed E-state index contributed by atoms with van der Waals surface area (Å²) in [5, 5.41) is 10.5. The SMILES string of the molecule is CN(C)C1=CC=C(c2cn[nH]n2)CC1. The lowest BCUT2D eigenvalue weighted by Gasteiger charge is -2.20. The van der Waals surface area contributed by atoms with Gasteiger partial charge in [0.1, 0.15) is 5.69 Å². The Morgan fingerprint density at radius 2 is 2.14 bits per heavy atom. The molecule has 0 unspecified atom stereocenters. The summed E-state index contributed by atoms with van der Waals surface area (Å²) in [5.41, 5.74) is 3.57. The van der Waals surface area contributed by atoms with Gasteiger partial charge in [-0.2, -0.15) is 15.4 Å². The Labute approximate surface area is 83.3 Å². The van der Waals surface area contributed by atoms with E-state index in [0.717, 1.165) is 18.5 Å². The zero-order valence-corrected chi connectivity index (χ0v) is 8.49. The van der Waals surface area contributed by atoms with Crippen molar-refractivity contribution in [2.24, 2.45) is 0 Å². The number of H-pyrrole nitrogens is 1. The molecular weight excluding hydrogens is 176 g/mol. The molecule has 0 aromatic carbocycles. The van der Waals surface area contributed by atoms with E-state index in [0.29, 0.717) is 0 Å². The smallest absolute Gasteiger partial charge is 0.108 e. The van der Waals surface area contributed by atoms with E-state index in [2.05, 4.69) is 46.6 Å². The van der Waals surface area contributed by atoms with Crippen LogP contribution in [0.15, 0.2) is 24.0 Å². The van der Waals surface area contributed by atoms with Gasteiger partial charge in [0.05, 0.1) is 6.20 Å². The first-order valence-corrected chi connectivity index (χ1v) is 4.70. The minimum Gasteiger partial charge on any atom is -0.381 e. The Morgan fingerprint density at radius 3 is 2.64 bits per heavy atom. The van der Waals surface area contributed by atoms with Crippen LogP contribution in [0.1, 0.15) is 18.5 Å². The Kier molecular flexibility index (Phi) is 2.35. The third-order valence-electron chi connectivity index (χ3n) is 2.45. The molecule has 0 atom stereocenters. The van der Waals surface area contributed by atoms with Crippen LogP contribution in [-0.4, -0.2) is 34.4 Å². The predicted octanol–water partition coefficient (Wildman–Crippen LogP) is 1.43. The maximum atomic E-state index is 4.06. The van der Waals surface area contributed by atoms with Crippen molar-refractivity contribution in [3.05, 3.63) is 29.7 Å². The van der Waals surface area contributed by atoms with Crippen molar-refractivity contribution in [3.8, 4) is 0 Å². The molecule has 1 aliphatic rings. The molecule has 1 N–H and O–H groups in total. The largest absolute Gasteiger partial charge is 0.381 e. The fourth-order valence-corrected chi connectivity index (χ4v) is 1.57. The summed E-state index contributed by atoms with van der Waals surface area (Å²) in [6.45, 7) is 0. The highest BCUT2D eigenvalue weighted by atomic mass is 15.3. The van der Waals surface area contributed by atoms with Crippen molar-refractivity contribution in [3.63, 3.8) is 0 Å². The van der Waals surface area contributed by atoms with Gasteiger partial charge >= 0.3 is 0 Å². The van der Waals surface area contributed by atoms with E-state index in [1.54, 1.807) is 6.20 Å². The van der Waals surface area contributed by atoms with Crippen LogP contribution in [0.4, 0.5) is 0 Å². The van der Waals surface area contributed by atoms with Gasteiger partial charge in [-0.25, -0.2) is 0 Å². The highest BCUT2D eigenvalue weighted by molar-refractivity contribution is 5.65. The minimum absolute atomic E-state index is 0.957. The van der Waals surface area contributed by atoms with E-state index < -0.39 is 0 Å². The zero-order valence-electron chi connectivity index (χ0n) is 8.49. The molecule has 1 heterocycles. The number of nitrogens with zero attached hydrogens (tertiary/aromatic N) is 3. The summed E-state index contributed by atoms with van der Waals surface area (Å²) in [6.07, 6.45) is 8.15. The summed E-state index contributed by atoms with van der Waals surface area (Å²) in [4.78, 5) is 2.15. The van der Waals surface area contributed by atoms with Gasteiger partial charge in [0, 0.05) is 19.8 Å². The van der Waals surface area contributed by atoms with Crippen molar-refractivity contribution in [2.45, 2.75) is 12.8 Å². The van der Waals surface area contributed by atoms with E-state index >= 15 is 0 Å². The molecule has 4 heteroatoms. The number of rotatable bonds is 2. The van der Waals surface area contributed by atoms with Gasteiger partial charge < -0.3 is 4.90 Å². The van der Waals surface area contributed by atoms with Crippen LogP contribution < -0.4 is 0 Å². The quantitative estimate of drug-likeness (QED) is 0.767. The van der Waals surface area contributed by atoms with E-state index in [9.17, 15) is 0 Å². The highest BCUT2D eigenvalue weighted by Gasteiger charge is 2.10. The van der Waals surface area contributed by atoms with Gasteiger partial charge in [-0.3, -0.25) is 0 Å². The van der Waals surface area contributed by atoms with E-state index in [4.69, 9.17) is 0 Å². The second-order valence-corrected chi connectivity index (χ2v) is 3.60. The van der Waals surface area contributed by atoms with Crippen LogP contribution in [0, 0.1) is 0 Å². The summed E-state index contributed by atoms with van der Waals surface area (Å²) in [5.74, 6) is 0. The molecule has 1 aromatic rings. The minimum atomic E-state index is 0.957. The lowest BCUT2D eigenvalue weighted by Crippen LogP contribution is -2.12. The van der Waals surface area contributed by atoms with Crippen LogP contribution in [0.2, 0.25) is 0 Å². The topological polar surface area (TPSA) is 44.8 Å². The van der Waals surface area contributed by atoms with Crippen LogP contribution in [0.5, 0.6) is 0 Å². The van der Waals surface area contributed by atoms with E-state index in [-0.39, 0.29) is 0 Å². The normalized spacial score (nSPS) is 16.1. The van der Waals surface area contributed by atoms with E-state index in [1.807, 2.05) is 0 Å². The lowest BCUT2D eigenvalue weighted by molar-refractivity contribution is 0.487. The number of aromatic nitrogens is 3. The third kappa shape index (κ3) is 1.69. The zero-order chi connectivity index (χ0) is 9.97. The fraction of sp³-hybridized carbons (Fsp3) is 0.400. The standard InChI is InChI=1S/C10H14N4/c1-14(2)9-5-3-8(4-6-9)10-7-11-13-12-10/h3,5,7H,4,6H2,1-2H3,(H,11,12,13). The molecule has 0 spiro atoms. The van der Waals surface area contributed by atoms with E-state index in [1.165, 1.54) is 11.3 Å². The van der Waals surface area contributed by atoms with Gasteiger partial charge in [0.25, 0.3) is 0 Å². The number of allylic oxidation sites excluding steroid dienone is 4. The fourth-order valence-electron chi connectivity index (χ4n) is 1.57. The highest BCUT2D eigenvalue weighted by Crippen LogP contribution is 2.25. The molecule has 0 saturated carbocycles. The number of hydrogen-bond donors (Lipinski definition) is 1. The number of nitrogens with one attached hydrogen (secondary N) is 1. The van der Waals surface area contributed by atoms with Crippen LogP contribution in [-0.2, 0) is 0 Å². The van der Waals surface area contributed by atoms with Crippen molar-refractivity contribution >= 4 is 5.57 Å². The first-order valence-electron chi connectivity index (χ1n) is 4.70. The van der Waals surface area contributed by atoms with Gasteiger partial charge in [-0.1, -0.05) is 6.08 Å². The average molecular weight is 190 g/mol. The maximum Gasteiger partial charge on any atom is 0.108 e. The summed E-state index contributed by atoms with van der Waals surface area (Å²) in [6, 6.07) is 0. The van der Waals surface area contributed by atoms with Crippen LogP contribution in [0.25, 0.3) is 5.57 Å². The Morgan fingerprint density at radius 1 is 1.29 bits per heavy atom. The molecule has 0 bridgehead atoms. The second kappa shape index (κ2) is 3.65. The molecular formula is C10H14N4. The summed E-state index contributed by atoms with van der Waals surface area (Å²) < 4.78 is 0. The Hall–Kier alpha value is -1.58. The second-order valence-electron chi connectivity index (χ2n) is 3.60. The van der Waals surface area contributed by atoms with Gasteiger partial charge in [0.2, 0.25) is 0 Å². The summed E-state index contributed by atoms with van der Waals surface area (Å²) in [7, 11) is 4.14. The van der Waals surface area contributed by atoms with Crippen molar-refractivity contribution in [1.82, 2.24) is 20.3 Å². The third-order valence-corrected chi connectivity index (χ3v) is 2.45.